The number of para-hydroxylation sites is 1. The number of non-ortho nitro benzene ring substituents is 1. The van der Waals surface area contributed by atoms with Gasteiger partial charge in [0.1, 0.15) is 0 Å². The van der Waals surface area contributed by atoms with Crippen LogP contribution in [0.4, 0.5) is 17.1 Å². The van der Waals surface area contributed by atoms with Gasteiger partial charge in [-0.2, -0.15) is 0 Å². The predicted octanol–water partition coefficient (Wildman–Crippen LogP) is 4.05. The molecular weight excluding hydrogens is 406 g/mol. The van der Waals surface area contributed by atoms with Gasteiger partial charge in [-0.1, -0.05) is 30.3 Å². The second kappa shape index (κ2) is 9.01. The van der Waals surface area contributed by atoms with E-state index in [1.54, 1.807) is 36.4 Å². The normalized spacial score (nSPS) is 11.2. The van der Waals surface area contributed by atoms with Gasteiger partial charge in [-0.15, -0.1) is 0 Å². The van der Waals surface area contributed by atoms with Crippen LogP contribution in [0, 0.1) is 10.1 Å². The van der Waals surface area contributed by atoms with Crippen LogP contribution in [0.15, 0.2) is 89.8 Å². The van der Waals surface area contributed by atoms with E-state index < -0.39 is 20.9 Å². The highest BCUT2D eigenvalue weighted by Crippen LogP contribution is 2.18. The number of hydrogen-bond acceptors (Lipinski definition) is 5. The van der Waals surface area contributed by atoms with E-state index in [1.165, 1.54) is 54.6 Å². The van der Waals surface area contributed by atoms with E-state index in [9.17, 15) is 23.3 Å². The summed E-state index contributed by atoms with van der Waals surface area (Å²) in [5, 5.41) is 13.4. The molecule has 0 radical (unpaired) electrons. The summed E-state index contributed by atoms with van der Waals surface area (Å²) in [5.41, 5.74) is 1.29. The number of nitrogens with zero attached hydrogens (tertiary/aromatic N) is 1. The summed E-state index contributed by atoms with van der Waals surface area (Å²) in [4.78, 5) is 22.4. The van der Waals surface area contributed by atoms with Crippen molar-refractivity contribution in [2.75, 3.05) is 10.0 Å². The van der Waals surface area contributed by atoms with Crippen molar-refractivity contribution in [3.05, 3.63) is 101 Å². The van der Waals surface area contributed by atoms with Crippen LogP contribution in [0.1, 0.15) is 5.56 Å². The minimum atomic E-state index is -3.75. The van der Waals surface area contributed by atoms with E-state index in [4.69, 9.17) is 0 Å². The second-order valence-corrected chi connectivity index (χ2v) is 7.85. The highest BCUT2D eigenvalue weighted by Gasteiger charge is 2.14. The molecular formula is C21H17N3O5S. The number of rotatable bonds is 7. The quantitative estimate of drug-likeness (QED) is 0.338. The standard InChI is InChI=1S/C21H17N3O5S/c25-21(14-9-16-5-4-8-19(15-16)24(26)27)22-17-10-12-20(13-11-17)30(28,29)23-18-6-2-1-3-7-18/h1-15,23H,(H,22,25)/b14-9+. The lowest BCUT2D eigenvalue weighted by Crippen LogP contribution is -2.13. The second-order valence-electron chi connectivity index (χ2n) is 6.17. The number of nitro groups is 1. The van der Waals surface area contributed by atoms with Crippen molar-refractivity contribution in [1.82, 2.24) is 0 Å². The fraction of sp³-hybridized carbons (Fsp3) is 0. The van der Waals surface area contributed by atoms with Gasteiger partial charge in [-0.25, -0.2) is 8.42 Å². The number of anilines is 2. The van der Waals surface area contributed by atoms with Crippen LogP contribution >= 0.6 is 0 Å². The van der Waals surface area contributed by atoms with Crippen molar-refractivity contribution in [1.29, 1.82) is 0 Å². The van der Waals surface area contributed by atoms with Crippen molar-refractivity contribution in [2.45, 2.75) is 4.90 Å². The average molecular weight is 423 g/mol. The largest absolute Gasteiger partial charge is 0.323 e. The molecule has 30 heavy (non-hydrogen) atoms. The first-order valence-electron chi connectivity index (χ1n) is 8.75. The summed E-state index contributed by atoms with van der Waals surface area (Å²) in [6.07, 6.45) is 2.69. The minimum absolute atomic E-state index is 0.0523. The smallest absolute Gasteiger partial charge is 0.270 e. The van der Waals surface area contributed by atoms with E-state index >= 15 is 0 Å². The summed E-state index contributed by atoms with van der Waals surface area (Å²) in [7, 11) is -3.75. The molecule has 0 saturated heterocycles. The Hall–Kier alpha value is -3.98. The lowest BCUT2D eigenvalue weighted by Gasteiger charge is -2.09. The molecule has 2 N–H and O–H groups in total. The van der Waals surface area contributed by atoms with Crippen molar-refractivity contribution < 1.29 is 18.1 Å². The third-order valence-electron chi connectivity index (χ3n) is 3.97. The number of nitro benzene ring substituents is 1. The van der Waals surface area contributed by atoms with Gasteiger partial charge in [0.05, 0.1) is 9.82 Å². The van der Waals surface area contributed by atoms with E-state index in [2.05, 4.69) is 10.0 Å². The van der Waals surface area contributed by atoms with Gasteiger partial charge in [0, 0.05) is 29.6 Å². The van der Waals surface area contributed by atoms with Crippen molar-refractivity contribution in [2.24, 2.45) is 0 Å². The third-order valence-corrected chi connectivity index (χ3v) is 5.36. The molecule has 0 aromatic heterocycles. The van der Waals surface area contributed by atoms with Crippen LogP contribution in [0.25, 0.3) is 6.08 Å². The summed E-state index contributed by atoms with van der Waals surface area (Å²) >= 11 is 0. The van der Waals surface area contributed by atoms with Crippen LogP contribution < -0.4 is 10.0 Å². The zero-order valence-corrected chi connectivity index (χ0v) is 16.4. The topological polar surface area (TPSA) is 118 Å². The van der Waals surface area contributed by atoms with Crippen LogP contribution in [-0.2, 0) is 14.8 Å². The van der Waals surface area contributed by atoms with Gasteiger partial charge in [0.15, 0.2) is 0 Å². The average Bonchev–Trinajstić information content (AvgIpc) is 2.73. The number of nitrogens with one attached hydrogen (secondary N) is 2. The van der Waals surface area contributed by atoms with Crippen molar-refractivity contribution in [3.63, 3.8) is 0 Å². The number of carbonyl (C=O) groups is 1. The monoisotopic (exact) mass is 423 g/mol. The number of amides is 1. The van der Waals surface area contributed by atoms with Gasteiger partial charge in [-0.3, -0.25) is 19.6 Å². The summed E-state index contributed by atoms with van der Waals surface area (Å²) in [5.74, 6) is -0.459. The molecule has 152 valence electrons. The molecule has 0 bridgehead atoms. The fourth-order valence-corrected chi connectivity index (χ4v) is 3.59. The van der Waals surface area contributed by atoms with Crippen LogP contribution in [0.2, 0.25) is 0 Å². The Labute approximate surface area is 173 Å². The van der Waals surface area contributed by atoms with Crippen LogP contribution in [0.5, 0.6) is 0 Å². The Morgan fingerprint density at radius 3 is 2.27 bits per heavy atom. The van der Waals surface area contributed by atoms with E-state index in [0.717, 1.165) is 0 Å². The van der Waals surface area contributed by atoms with Gasteiger partial charge >= 0.3 is 0 Å². The first-order valence-corrected chi connectivity index (χ1v) is 10.2. The first-order chi connectivity index (χ1) is 14.3. The highest BCUT2D eigenvalue weighted by molar-refractivity contribution is 7.92. The molecule has 8 nitrogen and oxygen atoms in total. The zero-order valence-electron chi connectivity index (χ0n) is 15.6. The molecule has 0 aliphatic carbocycles. The molecule has 3 aromatic rings. The van der Waals surface area contributed by atoms with E-state index in [0.29, 0.717) is 16.9 Å². The molecule has 0 atom stereocenters. The Kier molecular flexibility index (Phi) is 6.23. The zero-order chi connectivity index (χ0) is 21.6. The fourth-order valence-electron chi connectivity index (χ4n) is 2.54. The number of sulfonamides is 1. The lowest BCUT2D eigenvalue weighted by atomic mass is 10.2. The predicted molar refractivity (Wildman–Crippen MR) is 114 cm³/mol. The number of benzene rings is 3. The van der Waals surface area contributed by atoms with Gasteiger partial charge < -0.3 is 5.32 Å². The molecule has 1 amide bonds. The molecule has 0 unspecified atom stereocenters. The maximum Gasteiger partial charge on any atom is 0.270 e. The van der Waals surface area contributed by atoms with E-state index in [-0.39, 0.29) is 10.6 Å². The molecule has 0 fully saturated rings. The first kappa shape index (κ1) is 20.7. The molecule has 0 heterocycles. The summed E-state index contributed by atoms with van der Waals surface area (Å²) < 4.78 is 27.3. The van der Waals surface area contributed by atoms with Gasteiger partial charge in [0.2, 0.25) is 5.91 Å². The highest BCUT2D eigenvalue weighted by atomic mass is 32.2. The molecule has 0 spiro atoms. The van der Waals surface area contributed by atoms with Crippen LogP contribution in [0.3, 0.4) is 0 Å². The van der Waals surface area contributed by atoms with Crippen molar-refractivity contribution in [3.8, 4) is 0 Å². The Morgan fingerprint density at radius 1 is 0.900 bits per heavy atom. The number of hydrogen-bond donors (Lipinski definition) is 2. The molecule has 0 aliphatic rings. The SMILES string of the molecule is O=C(/C=C/c1cccc([N+](=O)[O-])c1)Nc1ccc(S(=O)(=O)Nc2ccccc2)cc1. The molecule has 3 aromatic carbocycles. The minimum Gasteiger partial charge on any atom is -0.323 e. The summed E-state index contributed by atoms with van der Waals surface area (Å²) in [6.45, 7) is 0. The Bertz CT molecular complexity index is 1190. The van der Waals surface area contributed by atoms with Gasteiger partial charge in [0.25, 0.3) is 15.7 Å². The lowest BCUT2D eigenvalue weighted by molar-refractivity contribution is -0.384. The van der Waals surface area contributed by atoms with Gasteiger partial charge in [-0.05, 0) is 48.0 Å². The Balaban J connectivity index is 1.64. The maximum absolute atomic E-state index is 12.4. The molecule has 3 rings (SSSR count). The molecule has 0 aliphatic heterocycles. The van der Waals surface area contributed by atoms with Crippen LogP contribution in [-0.4, -0.2) is 19.2 Å². The molecule has 9 heteroatoms. The molecule has 0 saturated carbocycles. The summed E-state index contributed by atoms with van der Waals surface area (Å²) in [6, 6.07) is 20.1. The number of carbonyl (C=O) groups excluding carboxylic acids is 1. The third kappa shape index (κ3) is 5.52. The maximum atomic E-state index is 12.4. The van der Waals surface area contributed by atoms with Crippen molar-refractivity contribution >= 4 is 39.1 Å². The Morgan fingerprint density at radius 2 is 1.60 bits per heavy atom. The van der Waals surface area contributed by atoms with E-state index in [1.807, 2.05) is 0 Å².